The third kappa shape index (κ3) is 2.61. The average Bonchev–Trinajstić information content (AvgIpc) is 2.89. The van der Waals surface area contributed by atoms with Gasteiger partial charge in [-0.3, -0.25) is 0 Å². The average molecular weight is 268 g/mol. The summed E-state index contributed by atoms with van der Waals surface area (Å²) in [4.78, 5) is 4.49. The molecule has 0 spiro atoms. The first kappa shape index (κ1) is 12.2. The van der Waals surface area contributed by atoms with E-state index in [1.807, 2.05) is 12.3 Å². The summed E-state index contributed by atoms with van der Waals surface area (Å²) in [5.41, 5.74) is 3.66. The summed E-state index contributed by atoms with van der Waals surface area (Å²) in [6.07, 6.45) is 3.10. The van der Waals surface area contributed by atoms with E-state index in [0.29, 0.717) is 0 Å². The van der Waals surface area contributed by atoms with Gasteiger partial charge in [-0.15, -0.1) is 0 Å². The van der Waals surface area contributed by atoms with Crippen LogP contribution in [-0.4, -0.2) is 4.98 Å². The maximum Gasteiger partial charge on any atom is 0.0699 e. The fourth-order valence-electron chi connectivity index (χ4n) is 2.06. The number of H-pyrrole nitrogens is 1. The van der Waals surface area contributed by atoms with Crippen LogP contribution in [0.1, 0.15) is 12.5 Å². The quantitative estimate of drug-likeness (QED) is 0.662. The monoisotopic (exact) mass is 268 g/mol. The van der Waals surface area contributed by atoms with Crippen molar-refractivity contribution in [1.82, 2.24) is 4.98 Å². The van der Waals surface area contributed by atoms with E-state index in [-0.39, 0.29) is 0 Å². The molecular weight excluding hydrogens is 252 g/mol. The van der Waals surface area contributed by atoms with Crippen molar-refractivity contribution in [2.75, 3.05) is 4.72 Å². The van der Waals surface area contributed by atoms with Gasteiger partial charge in [-0.2, -0.15) is 0 Å². The number of aromatic amines is 1. The van der Waals surface area contributed by atoms with Crippen LogP contribution in [0.4, 0.5) is 5.69 Å². The van der Waals surface area contributed by atoms with Gasteiger partial charge in [-0.25, -0.2) is 0 Å². The van der Waals surface area contributed by atoms with Crippen LogP contribution >= 0.6 is 11.9 Å². The van der Waals surface area contributed by atoms with Crippen molar-refractivity contribution in [3.63, 3.8) is 0 Å². The van der Waals surface area contributed by atoms with E-state index in [4.69, 9.17) is 0 Å². The minimum absolute atomic E-state index is 1.08. The highest BCUT2D eigenvalue weighted by Gasteiger charge is 2.02. The first-order valence-corrected chi connectivity index (χ1v) is 7.26. The van der Waals surface area contributed by atoms with Crippen LogP contribution in [0.15, 0.2) is 59.6 Å². The zero-order chi connectivity index (χ0) is 13.1. The number of aryl methyl sites for hydroxylation is 1. The van der Waals surface area contributed by atoms with E-state index in [2.05, 4.69) is 59.1 Å². The number of aromatic nitrogens is 1. The van der Waals surface area contributed by atoms with Gasteiger partial charge in [-0.1, -0.05) is 37.3 Å². The highest BCUT2D eigenvalue weighted by molar-refractivity contribution is 8.00. The van der Waals surface area contributed by atoms with E-state index < -0.39 is 0 Å². The van der Waals surface area contributed by atoms with Crippen LogP contribution in [0.2, 0.25) is 0 Å². The molecule has 0 unspecified atom stereocenters. The van der Waals surface area contributed by atoms with E-state index >= 15 is 0 Å². The second-order valence-corrected chi connectivity index (χ2v) is 5.33. The van der Waals surface area contributed by atoms with E-state index in [1.54, 1.807) is 11.9 Å². The molecule has 0 atom stereocenters. The van der Waals surface area contributed by atoms with Crippen LogP contribution in [0, 0.1) is 0 Å². The summed E-state index contributed by atoms with van der Waals surface area (Å²) >= 11 is 1.64. The highest BCUT2D eigenvalue weighted by Crippen LogP contribution is 2.27. The third-order valence-electron chi connectivity index (χ3n) is 3.20. The molecule has 1 heterocycles. The van der Waals surface area contributed by atoms with E-state index in [1.165, 1.54) is 15.8 Å². The molecule has 2 N–H and O–H groups in total. The van der Waals surface area contributed by atoms with Gasteiger partial charge < -0.3 is 9.71 Å². The summed E-state index contributed by atoms with van der Waals surface area (Å²) in [6.45, 7) is 2.17. The Labute approximate surface area is 117 Å². The topological polar surface area (TPSA) is 27.8 Å². The Bertz CT molecular complexity index is 671. The lowest BCUT2D eigenvalue weighted by atomic mass is 10.2. The number of nitrogens with one attached hydrogen (secondary N) is 2. The molecule has 0 aliphatic carbocycles. The van der Waals surface area contributed by atoms with Crippen LogP contribution < -0.4 is 4.72 Å². The van der Waals surface area contributed by atoms with Gasteiger partial charge in [0.25, 0.3) is 0 Å². The fourth-order valence-corrected chi connectivity index (χ4v) is 2.73. The zero-order valence-corrected chi connectivity index (χ0v) is 11.6. The van der Waals surface area contributed by atoms with Gasteiger partial charge in [0.15, 0.2) is 0 Å². The molecule has 2 aromatic carbocycles. The minimum atomic E-state index is 1.08. The molecule has 0 amide bonds. The molecular formula is C16H16N2S. The van der Waals surface area contributed by atoms with Crippen molar-refractivity contribution in [2.24, 2.45) is 0 Å². The zero-order valence-electron chi connectivity index (χ0n) is 10.8. The normalized spacial score (nSPS) is 10.8. The number of anilines is 1. The number of hydrogen-bond acceptors (Lipinski definition) is 2. The van der Waals surface area contributed by atoms with Crippen molar-refractivity contribution in [1.29, 1.82) is 0 Å². The third-order valence-corrected chi connectivity index (χ3v) is 4.03. The molecule has 2 nitrogen and oxygen atoms in total. The summed E-state index contributed by atoms with van der Waals surface area (Å²) in [5, 5.41) is 1.22. The number of rotatable bonds is 4. The van der Waals surface area contributed by atoms with Crippen molar-refractivity contribution >= 4 is 28.5 Å². The minimum Gasteiger partial charge on any atom is -0.359 e. The molecule has 96 valence electrons. The fraction of sp³-hybridized carbons (Fsp3) is 0.125. The van der Waals surface area contributed by atoms with Crippen LogP contribution in [0.3, 0.4) is 0 Å². The van der Waals surface area contributed by atoms with Gasteiger partial charge in [0.1, 0.15) is 0 Å². The van der Waals surface area contributed by atoms with Crippen molar-refractivity contribution < 1.29 is 0 Å². The lowest BCUT2D eigenvalue weighted by Crippen LogP contribution is -1.86. The Balaban J connectivity index is 1.74. The lowest BCUT2D eigenvalue weighted by Gasteiger charge is -2.04. The lowest BCUT2D eigenvalue weighted by molar-refractivity contribution is 1.13. The molecule has 0 bridgehead atoms. The van der Waals surface area contributed by atoms with Crippen LogP contribution in [-0.2, 0) is 6.42 Å². The smallest absolute Gasteiger partial charge is 0.0699 e. The van der Waals surface area contributed by atoms with Gasteiger partial charge in [0.2, 0.25) is 0 Å². The summed E-state index contributed by atoms with van der Waals surface area (Å²) < 4.78 is 3.41. The predicted octanol–water partition coefficient (Wildman–Crippen LogP) is 4.85. The predicted molar refractivity (Wildman–Crippen MR) is 83.6 cm³/mol. The molecule has 0 fully saturated rings. The number of hydrogen-bond donors (Lipinski definition) is 2. The Morgan fingerprint density at radius 2 is 1.84 bits per heavy atom. The maximum atomic E-state index is 3.41. The summed E-state index contributed by atoms with van der Waals surface area (Å²) in [5.74, 6) is 0. The van der Waals surface area contributed by atoms with Gasteiger partial charge in [-0.05, 0) is 42.1 Å². The molecule has 0 aliphatic rings. The molecule has 3 heteroatoms. The second-order valence-electron chi connectivity index (χ2n) is 4.45. The van der Waals surface area contributed by atoms with Crippen LogP contribution in [0.25, 0.3) is 10.9 Å². The molecule has 0 saturated carbocycles. The number of para-hydroxylation sites is 1. The molecule has 0 radical (unpaired) electrons. The molecule has 1 aromatic heterocycles. The molecule has 0 aliphatic heterocycles. The standard InChI is InChI=1S/C16H16N2S/c1-2-12-7-9-13(10-8-12)19-18-16-11-17-15-6-4-3-5-14(15)16/h3-11,17-18H,2H2,1H3. The Morgan fingerprint density at radius 3 is 2.63 bits per heavy atom. The Hall–Kier alpha value is -1.87. The number of benzene rings is 2. The van der Waals surface area contributed by atoms with Crippen molar-refractivity contribution in [3.8, 4) is 0 Å². The summed E-state index contributed by atoms with van der Waals surface area (Å²) in [6, 6.07) is 17.0. The summed E-state index contributed by atoms with van der Waals surface area (Å²) in [7, 11) is 0. The first-order chi connectivity index (χ1) is 9.36. The molecule has 3 aromatic rings. The number of fused-ring (bicyclic) bond motifs is 1. The largest absolute Gasteiger partial charge is 0.359 e. The molecule has 3 rings (SSSR count). The maximum absolute atomic E-state index is 3.41. The van der Waals surface area contributed by atoms with Crippen LogP contribution in [0.5, 0.6) is 0 Å². The Morgan fingerprint density at radius 1 is 1.05 bits per heavy atom. The van der Waals surface area contributed by atoms with Gasteiger partial charge in [0.05, 0.1) is 5.69 Å². The van der Waals surface area contributed by atoms with E-state index in [9.17, 15) is 0 Å². The first-order valence-electron chi connectivity index (χ1n) is 6.44. The van der Waals surface area contributed by atoms with Crippen molar-refractivity contribution in [3.05, 3.63) is 60.3 Å². The second kappa shape index (κ2) is 5.41. The van der Waals surface area contributed by atoms with Gasteiger partial charge in [0, 0.05) is 22.0 Å². The SMILES string of the molecule is CCc1ccc(SNc2c[nH]c3ccccc23)cc1. The molecule has 19 heavy (non-hydrogen) atoms. The van der Waals surface area contributed by atoms with Gasteiger partial charge >= 0.3 is 0 Å². The molecule has 0 saturated heterocycles. The highest BCUT2D eigenvalue weighted by atomic mass is 32.2. The van der Waals surface area contributed by atoms with Crippen molar-refractivity contribution in [2.45, 2.75) is 18.2 Å². The van der Waals surface area contributed by atoms with E-state index in [0.717, 1.165) is 17.6 Å². The Kier molecular flexibility index (Phi) is 3.47.